The Hall–Kier alpha value is -2.21. The van der Waals surface area contributed by atoms with E-state index < -0.39 is 0 Å². The van der Waals surface area contributed by atoms with Crippen LogP contribution in [0.25, 0.3) is 0 Å². The number of hydrogen-bond donors (Lipinski definition) is 1. The van der Waals surface area contributed by atoms with E-state index in [0.717, 1.165) is 4.47 Å². The first kappa shape index (κ1) is 17.1. The van der Waals surface area contributed by atoms with Crippen molar-refractivity contribution < 1.29 is 14.0 Å². The summed E-state index contributed by atoms with van der Waals surface area (Å²) in [7, 11) is 1.61. The average molecular weight is 379 g/mol. The number of carbonyl (C=O) groups excluding carboxylic acids is 2. The standard InChI is InChI=1S/C17H16BrFN2O2/c1-21(11-12-4-2-7-15(19)8-12)16(22)10-20-17(23)13-5-3-6-14(18)9-13/h2-9H,10-11H2,1H3,(H,20,23). The molecule has 6 heteroatoms. The molecule has 0 atom stereocenters. The molecule has 0 unspecified atom stereocenters. The van der Waals surface area contributed by atoms with Gasteiger partial charge in [0, 0.05) is 23.6 Å². The lowest BCUT2D eigenvalue weighted by molar-refractivity contribution is -0.129. The lowest BCUT2D eigenvalue weighted by Gasteiger charge is -2.17. The van der Waals surface area contributed by atoms with Crippen LogP contribution in [0, 0.1) is 5.82 Å². The first-order chi connectivity index (χ1) is 11.0. The number of nitrogens with one attached hydrogen (secondary N) is 1. The number of nitrogens with zero attached hydrogens (tertiary/aromatic N) is 1. The molecule has 0 saturated heterocycles. The Kier molecular flexibility index (Phi) is 5.87. The van der Waals surface area contributed by atoms with E-state index in [2.05, 4.69) is 21.2 Å². The summed E-state index contributed by atoms with van der Waals surface area (Å²) in [4.78, 5) is 25.5. The second kappa shape index (κ2) is 7.87. The molecule has 0 bridgehead atoms. The third kappa shape index (κ3) is 5.17. The molecule has 0 saturated carbocycles. The molecule has 0 spiro atoms. The summed E-state index contributed by atoms with van der Waals surface area (Å²) in [5.74, 6) is -0.914. The predicted octanol–water partition coefficient (Wildman–Crippen LogP) is 2.98. The maximum absolute atomic E-state index is 13.1. The molecule has 0 fully saturated rings. The number of benzene rings is 2. The molecule has 2 aromatic carbocycles. The van der Waals surface area contributed by atoms with Gasteiger partial charge in [-0.25, -0.2) is 4.39 Å². The summed E-state index contributed by atoms with van der Waals surface area (Å²) in [5, 5.41) is 2.58. The molecular weight excluding hydrogens is 363 g/mol. The number of amides is 2. The fourth-order valence-corrected chi connectivity index (χ4v) is 2.42. The molecule has 2 amide bonds. The highest BCUT2D eigenvalue weighted by molar-refractivity contribution is 9.10. The van der Waals surface area contributed by atoms with Crippen molar-refractivity contribution in [3.63, 3.8) is 0 Å². The van der Waals surface area contributed by atoms with Gasteiger partial charge >= 0.3 is 0 Å². The molecular formula is C17H16BrFN2O2. The molecule has 0 aliphatic carbocycles. The van der Waals surface area contributed by atoms with E-state index in [-0.39, 0.29) is 30.7 Å². The Morgan fingerprint density at radius 3 is 2.61 bits per heavy atom. The van der Waals surface area contributed by atoms with Gasteiger partial charge in [0.05, 0.1) is 6.54 Å². The van der Waals surface area contributed by atoms with Crippen LogP contribution in [0.15, 0.2) is 53.0 Å². The topological polar surface area (TPSA) is 49.4 Å². The Labute approximate surface area is 142 Å². The minimum absolute atomic E-state index is 0.114. The third-order valence-electron chi connectivity index (χ3n) is 3.22. The van der Waals surface area contributed by atoms with Gasteiger partial charge in [-0.15, -0.1) is 0 Å². The Balaban J connectivity index is 1.87. The molecule has 0 aliphatic heterocycles. The first-order valence-corrected chi connectivity index (χ1v) is 7.77. The third-order valence-corrected chi connectivity index (χ3v) is 3.71. The van der Waals surface area contributed by atoms with Crippen LogP contribution in [0.3, 0.4) is 0 Å². The zero-order chi connectivity index (χ0) is 16.8. The van der Waals surface area contributed by atoms with E-state index in [1.165, 1.54) is 17.0 Å². The zero-order valence-corrected chi connectivity index (χ0v) is 14.1. The van der Waals surface area contributed by atoms with Crippen molar-refractivity contribution in [2.75, 3.05) is 13.6 Å². The van der Waals surface area contributed by atoms with Gasteiger partial charge in [0.2, 0.25) is 5.91 Å². The van der Waals surface area contributed by atoms with Crippen molar-refractivity contribution in [3.05, 3.63) is 69.9 Å². The Morgan fingerprint density at radius 2 is 1.91 bits per heavy atom. The number of hydrogen-bond acceptors (Lipinski definition) is 2. The summed E-state index contributed by atoms with van der Waals surface area (Å²) in [6.45, 7) is 0.167. The van der Waals surface area contributed by atoms with Crippen LogP contribution >= 0.6 is 15.9 Å². The van der Waals surface area contributed by atoms with E-state index in [1.807, 2.05) is 6.07 Å². The highest BCUT2D eigenvalue weighted by Gasteiger charge is 2.12. The zero-order valence-electron chi connectivity index (χ0n) is 12.6. The molecule has 1 N–H and O–H groups in total. The molecule has 0 radical (unpaired) electrons. The quantitative estimate of drug-likeness (QED) is 0.869. The SMILES string of the molecule is CN(Cc1cccc(F)c1)C(=O)CNC(=O)c1cccc(Br)c1. The molecule has 23 heavy (non-hydrogen) atoms. The van der Waals surface area contributed by atoms with Gasteiger partial charge in [0.1, 0.15) is 5.82 Å². The smallest absolute Gasteiger partial charge is 0.251 e. The van der Waals surface area contributed by atoms with Crippen LogP contribution in [0.4, 0.5) is 4.39 Å². The van der Waals surface area contributed by atoms with Crippen LogP contribution in [-0.4, -0.2) is 30.3 Å². The van der Waals surface area contributed by atoms with Gasteiger partial charge in [0.15, 0.2) is 0 Å². The maximum atomic E-state index is 13.1. The fraction of sp³-hybridized carbons (Fsp3) is 0.176. The molecule has 0 heterocycles. The number of rotatable bonds is 5. The molecule has 0 aromatic heterocycles. The summed E-state index contributed by atoms with van der Waals surface area (Å²) in [6.07, 6.45) is 0. The Morgan fingerprint density at radius 1 is 1.17 bits per heavy atom. The van der Waals surface area contributed by atoms with Gasteiger partial charge < -0.3 is 10.2 Å². The summed E-state index contributed by atoms with van der Waals surface area (Å²) in [5.41, 5.74) is 1.17. The highest BCUT2D eigenvalue weighted by atomic mass is 79.9. The van der Waals surface area contributed by atoms with Crippen LogP contribution < -0.4 is 5.32 Å². The second-order valence-corrected chi connectivity index (χ2v) is 5.99. The number of likely N-dealkylation sites (N-methyl/N-ethyl adjacent to an activating group) is 1. The van der Waals surface area contributed by atoms with Gasteiger partial charge in [-0.2, -0.15) is 0 Å². The average Bonchev–Trinajstić information content (AvgIpc) is 2.52. The predicted molar refractivity (Wildman–Crippen MR) is 89.3 cm³/mol. The highest BCUT2D eigenvalue weighted by Crippen LogP contribution is 2.11. The molecule has 2 rings (SSSR count). The van der Waals surface area contributed by atoms with Crippen molar-refractivity contribution in [1.29, 1.82) is 0 Å². The van der Waals surface area contributed by atoms with Gasteiger partial charge in [0.25, 0.3) is 5.91 Å². The fourth-order valence-electron chi connectivity index (χ4n) is 2.02. The molecule has 4 nitrogen and oxygen atoms in total. The lowest BCUT2D eigenvalue weighted by atomic mass is 10.2. The normalized spacial score (nSPS) is 10.2. The number of carbonyl (C=O) groups is 2. The van der Waals surface area contributed by atoms with E-state index in [0.29, 0.717) is 11.1 Å². The minimum atomic E-state index is -0.341. The van der Waals surface area contributed by atoms with E-state index >= 15 is 0 Å². The van der Waals surface area contributed by atoms with Crippen molar-refractivity contribution in [2.45, 2.75) is 6.54 Å². The van der Waals surface area contributed by atoms with E-state index in [4.69, 9.17) is 0 Å². The maximum Gasteiger partial charge on any atom is 0.251 e. The second-order valence-electron chi connectivity index (χ2n) is 5.07. The number of halogens is 2. The molecule has 0 aliphatic rings. The van der Waals surface area contributed by atoms with E-state index in [1.54, 1.807) is 37.4 Å². The van der Waals surface area contributed by atoms with Crippen molar-refractivity contribution in [2.24, 2.45) is 0 Å². The first-order valence-electron chi connectivity index (χ1n) is 6.98. The Bertz CT molecular complexity index is 721. The van der Waals surface area contributed by atoms with Crippen LogP contribution in [0.1, 0.15) is 15.9 Å². The van der Waals surface area contributed by atoms with Crippen LogP contribution in [-0.2, 0) is 11.3 Å². The molecule has 120 valence electrons. The lowest BCUT2D eigenvalue weighted by Crippen LogP contribution is -2.37. The van der Waals surface area contributed by atoms with Crippen molar-refractivity contribution >= 4 is 27.7 Å². The van der Waals surface area contributed by atoms with Gasteiger partial charge in [-0.3, -0.25) is 9.59 Å². The van der Waals surface area contributed by atoms with E-state index in [9.17, 15) is 14.0 Å². The largest absolute Gasteiger partial charge is 0.343 e. The van der Waals surface area contributed by atoms with Crippen LogP contribution in [0.2, 0.25) is 0 Å². The van der Waals surface area contributed by atoms with Gasteiger partial charge in [-0.05, 0) is 35.9 Å². The van der Waals surface area contributed by atoms with Crippen molar-refractivity contribution in [1.82, 2.24) is 10.2 Å². The molecule has 2 aromatic rings. The summed E-state index contributed by atoms with van der Waals surface area (Å²) in [6, 6.07) is 13.0. The minimum Gasteiger partial charge on any atom is -0.343 e. The summed E-state index contributed by atoms with van der Waals surface area (Å²) >= 11 is 3.29. The van der Waals surface area contributed by atoms with Crippen LogP contribution in [0.5, 0.6) is 0 Å². The van der Waals surface area contributed by atoms with Gasteiger partial charge in [-0.1, -0.05) is 34.1 Å². The summed E-state index contributed by atoms with van der Waals surface area (Å²) < 4.78 is 13.9. The monoisotopic (exact) mass is 378 g/mol. The van der Waals surface area contributed by atoms with Crippen molar-refractivity contribution in [3.8, 4) is 0 Å².